The van der Waals surface area contributed by atoms with Crippen molar-refractivity contribution in [2.24, 2.45) is 0 Å². The zero-order chi connectivity index (χ0) is 9.97. The van der Waals surface area contributed by atoms with Crippen molar-refractivity contribution >= 4 is 34.2 Å². The minimum Gasteiger partial charge on any atom is -0.326 e. The van der Waals surface area contributed by atoms with Crippen LogP contribution in [0.25, 0.3) is 0 Å². The van der Waals surface area contributed by atoms with E-state index in [9.17, 15) is 4.79 Å². The number of amides is 1. The molecule has 0 radical (unpaired) electrons. The number of nitrogens with one attached hydrogen (secondary N) is 1. The van der Waals surface area contributed by atoms with Gasteiger partial charge in [0.2, 0.25) is 5.91 Å². The van der Waals surface area contributed by atoms with E-state index in [1.54, 1.807) is 0 Å². The molecule has 0 bridgehead atoms. The van der Waals surface area contributed by atoms with Crippen LogP contribution in [0.5, 0.6) is 0 Å². The number of benzene rings is 1. The lowest BCUT2D eigenvalue weighted by atomic mass is 10.0. The number of hydrogen-bond acceptors (Lipinski definition) is 1. The molecule has 0 saturated heterocycles. The molecule has 0 fully saturated rings. The molecule has 3 heteroatoms. The van der Waals surface area contributed by atoms with Crippen molar-refractivity contribution < 1.29 is 4.79 Å². The van der Waals surface area contributed by atoms with E-state index in [0.717, 1.165) is 18.5 Å². The van der Waals surface area contributed by atoms with Gasteiger partial charge in [-0.15, -0.1) is 0 Å². The summed E-state index contributed by atoms with van der Waals surface area (Å²) in [5.41, 5.74) is 2.24. The van der Waals surface area contributed by atoms with Crippen LogP contribution in [-0.4, -0.2) is 9.83 Å². The van der Waals surface area contributed by atoms with Crippen molar-refractivity contribution in [1.29, 1.82) is 0 Å². The third kappa shape index (κ3) is 2.26. The Hall–Kier alpha value is -0.580. The monoisotopic (exact) mass is 301 g/mol. The summed E-state index contributed by atoms with van der Waals surface area (Å²) in [6, 6.07) is 8.05. The summed E-state index contributed by atoms with van der Waals surface area (Å²) in [5, 5.41) is 2.94. The first-order valence-corrected chi connectivity index (χ1v) is 6.02. The van der Waals surface area contributed by atoms with Gasteiger partial charge in [0.25, 0.3) is 0 Å². The minimum absolute atomic E-state index is 0.138. The Balaban J connectivity index is 2.32. The average Bonchev–Trinajstić information content (AvgIpc) is 2.16. The normalized spacial score (nSPS) is 21.8. The number of para-hydroxylation sites is 1. The predicted molar refractivity (Wildman–Crippen MR) is 65.8 cm³/mol. The molecule has 1 aliphatic heterocycles. The molecule has 14 heavy (non-hydrogen) atoms. The number of halogens is 1. The molecule has 1 aliphatic rings. The lowest BCUT2D eigenvalue weighted by Crippen LogP contribution is -2.19. The molecule has 1 aromatic rings. The fourth-order valence-electron chi connectivity index (χ4n) is 1.66. The van der Waals surface area contributed by atoms with Gasteiger partial charge in [-0.05, 0) is 24.5 Å². The van der Waals surface area contributed by atoms with Crippen molar-refractivity contribution in [3.8, 4) is 0 Å². The Labute approximate surface area is 97.2 Å². The highest BCUT2D eigenvalue weighted by Crippen LogP contribution is 2.24. The van der Waals surface area contributed by atoms with Gasteiger partial charge in [0, 0.05) is 16.0 Å². The Morgan fingerprint density at radius 2 is 2.14 bits per heavy atom. The van der Waals surface area contributed by atoms with Crippen LogP contribution < -0.4 is 5.32 Å². The quantitative estimate of drug-likeness (QED) is 0.579. The van der Waals surface area contributed by atoms with E-state index in [-0.39, 0.29) is 5.91 Å². The van der Waals surface area contributed by atoms with Gasteiger partial charge in [0.1, 0.15) is 0 Å². The molecule has 2 rings (SSSR count). The van der Waals surface area contributed by atoms with Crippen LogP contribution in [0, 0.1) is 0 Å². The zero-order valence-corrected chi connectivity index (χ0v) is 9.95. The Bertz CT molecular complexity index is 351. The molecule has 0 saturated carbocycles. The molecule has 1 N–H and O–H groups in total. The smallest absolute Gasteiger partial charge is 0.224 e. The van der Waals surface area contributed by atoms with Gasteiger partial charge in [0.15, 0.2) is 0 Å². The number of rotatable bonds is 0. The van der Waals surface area contributed by atoms with Crippen molar-refractivity contribution in [3.05, 3.63) is 29.8 Å². The van der Waals surface area contributed by atoms with E-state index in [0.29, 0.717) is 10.3 Å². The van der Waals surface area contributed by atoms with Crippen LogP contribution in [0.4, 0.5) is 5.69 Å². The second-order valence-electron chi connectivity index (χ2n) is 3.55. The lowest BCUT2D eigenvalue weighted by Gasteiger charge is -2.17. The SMILES string of the molecule is O=C1CCC(I)Cc2ccccc2N1. The number of carbonyl (C=O) groups excluding carboxylic acids is 1. The standard InChI is InChI=1S/C11H12INO/c12-9-5-6-11(14)13-10-4-2-1-3-8(10)7-9/h1-4,9H,5-7H2,(H,13,14). The molecule has 1 aromatic carbocycles. The molecule has 1 amide bonds. The third-order valence-electron chi connectivity index (χ3n) is 2.42. The summed E-state index contributed by atoms with van der Waals surface area (Å²) in [6.45, 7) is 0. The molecule has 0 aromatic heterocycles. The second-order valence-corrected chi connectivity index (χ2v) is 5.31. The van der Waals surface area contributed by atoms with Gasteiger partial charge in [-0.3, -0.25) is 4.79 Å². The summed E-state index contributed by atoms with van der Waals surface area (Å²) in [4.78, 5) is 11.4. The van der Waals surface area contributed by atoms with Crippen LogP contribution in [0.2, 0.25) is 0 Å². The maximum Gasteiger partial charge on any atom is 0.224 e. The van der Waals surface area contributed by atoms with Crippen LogP contribution in [0.3, 0.4) is 0 Å². The Morgan fingerprint density at radius 3 is 3.00 bits per heavy atom. The number of fused-ring (bicyclic) bond motifs is 1. The minimum atomic E-state index is 0.138. The topological polar surface area (TPSA) is 29.1 Å². The summed E-state index contributed by atoms with van der Waals surface area (Å²) >= 11 is 2.43. The largest absolute Gasteiger partial charge is 0.326 e. The molecule has 0 spiro atoms. The molecule has 1 heterocycles. The molecule has 1 unspecified atom stereocenters. The van der Waals surface area contributed by atoms with E-state index in [4.69, 9.17) is 0 Å². The summed E-state index contributed by atoms with van der Waals surface area (Å²) in [5.74, 6) is 0.138. The first kappa shape index (κ1) is 9.96. The fourth-order valence-corrected chi connectivity index (χ4v) is 2.45. The predicted octanol–water partition coefficient (Wildman–Crippen LogP) is 2.77. The van der Waals surface area contributed by atoms with Crippen LogP contribution in [0.1, 0.15) is 18.4 Å². The zero-order valence-electron chi connectivity index (χ0n) is 7.79. The highest BCUT2D eigenvalue weighted by atomic mass is 127. The third-order valence-corrected chi connectivity index (χ3v) is 3.48. The molecular weight excluding hydrogens is 289 g/mol. The van der Waals surface area contributed by atoms with Gasteiger partial charge in [0.05, 0.1) is 0 Å². The average molecular weight is 301 g/mol. The van der Waals surface area contributed by atoms with Crippen LogP contribution >= 0.6 is 22.6 Å². The first-order chi connectivity index (χ1) is 6.75. The van der Waals surface area contributed by atoms with Crippen molar-refractivity contribution in [3.63, 3.8) is 0 Å². The Kier molecular flexibility index (Phi) is 3.05. The maximum absolute atomic E-state index is 11.4. The first-order valence-electron chi connectivity index (χ1n) is 4.77. The summed E-state index contributed by atoms with van der Waals surface area (Å²) < 4.78 is 0.569. The van der Waals surface area contributed by atoms with Crippen molar-refractivity contribution in [2.45, 2.75) is 23.2 Å². The number of anilines is 1. The molecule has 0 aliphatic carbocycles. The van der Waals surface area contributed by atoms with E-state index in [2.05, 4.69) is 34.0 Å². The van der Waals surface area contributed by atoms with Gasteiger partial charge in [-0.1, -0.05) is 40.8 Å². The van der Waals surface area contributed by atoms with Gasteiger partial charge in [-0.25, -0.2) is 0 Å². The van der Waals surface area contributed by atoms with Gasteiger partial charge in [-0.2, -0.15) is 0 Å². The van der Waals surface area contributed by atoms with Crippen molar-refractivity contribution in [1.82, 2.24) is 0 Å². The molecule has 2 nitrogen and oxygen atoms in total. The van der Waals surface area contributed by atoms with Gasteiger partial charge < -0.3 is 5.32 Å². The van der Waals surface area contributed by atoms with Gasteiger partial charge >= 0.3 is 0 Å². The number of hydrogen-bond donors (Lipinski definition) is 1. The fraction of sp³-hybridized carbons (Fsp3) is 0.364. The van der Waals surface area contributed by atoms with E-state index < -0.39 is 0 Å². The molecular formula is C11H12INO. The molecule has 1 atom stereocenters. The van der Waals surface area contributed by atoms with Crippen LogP contribution in [-0.2, 0) is 11.2 Å². The summed E-state index contributed by atoms with van der Waals surface area (Å²) in [7, 11) is 0. The van der Waals surface area contributed by atoms with Crippen molar-refractivity contribution in [2.75, 3.05) is 5.32 Å². The highest BCUT2D eigenvalue weighted by Gasteiger charge is 2.15. The Morgan fingerprint density at radius 1 is 1.36 bits per heavy atom. The molecule has 74 valence electrons. The number of carbonyl (C=O) groups is 1. The lowest BCUT2D eigenvalue weighted by molar-refractivity contribution is -0.116. The number of alkyl halides is 1. The van der Waals surface area contributed by atoms with E-state index in [1.165, 1.54) is 5.56 Å². The van der Waals surface area contributed by atoms with E-state index in [1.807, 2.05) is 18.2 Å². The summed E-state index contributed by atoms with van der Waals surface area (Å²) in [6.07, 6.45) is 2.67. The maximum atomic E-state index is 11.4. The second kappa shape index (κ2) is 4.29. The highest BCUT2D eigenvalue weighted by molar-refractivity contribution is 14.1. The van der Waals surface area contributed by atoms with Crippen LogP contribution in [0.15, 0.2) is 24.3 Å². The van der Waals surface area contributed by atoms with E-state index >= 15 is 0 Å².